The van der Waals surface area contributed by atoms with Crippen LogP contribution in [0.4, 0.5) is 0 Å². The van der Waals surface area contributed by atoms with Gasteiger partial charge in [0.15, 0.2) is 0 Å². The van der Waals surface area contributed by atoms with E-state index >= 15 is 0 Å². The number of hydrogen-bond donors (Lipinski definition) is 2. The quantitative estimate of drug-likeness (QED) is 0.723. The average Bonchev–Trinajstić information content (AvgIpc) is 2.50. The third-order valence-corrected chi connectivity index (χ3v) is 4.10. The summed E-state index contributed by atoms with van der Waals surface area (Å²) in [6.07, 6.45) is 0. The molecule has 0 radical (unpaired) electrons. The molecule has 1 aliphatic rings. The van der Waals surface area contributed by atoms with Crippen molar-refractivity contribution in [3.05, 3.63) is 29.8 Å². The summed E-state index contributed by atoms with van der Waals surface area (Å²) in [5, 5.41) is 6.16. The SMILES string of the molecule is CCN(CC)CCOc1ccc(C(=O)NCC2CNC2)cc1. The third kappa shape index (κ3) is 5.00. The molecule has 2 rings (SSSR count). The van der Waals surface area contributed by atoms with Gasteiger partial charge in [0.05, 0.1) is 0 Å². The lowest BCUT2D eigenvalue weighted by molar-refractivity contribution is 0.0942. The molecular weight excluding hydrogens is 278 g/mol. The van der Waals surface area contributed by atoms with Crippen LogP contribution >= 0.6 is 0 Å². The molecule has 1 aromatic carbocycles. The molecule has 0 spiro atoms. The van der Waals surface area contributed by atoms with Gasteiger partial charge in [-0.05, 0) is 37.4 Å². The Labute approximate surface area is 133 Å². The maximum Gasteiger partial charge on any atom is 0.251 e. The van der Waals surface area contributed by atoms with Gasteiger partial charge in [-0.3, -0.25) is 4.79 Å². The Morgan fingerprint density at radius 2 is 1.95 bits per heavy atom. The van der Waals surface area contributed by atoms with Crippen LogP contribution in [0, 0.1) is 5.92 Å². The van der Waals surface area contributed by atoms with Crippen molar-refractivity contribution in [2.75, 3.05) is 45.9 Å². The molecule has 1 fully saturated rings. The standard InChI is InChI=1S/C17H27N3O2/c1-3-20(4-2)9-10-22-16-7-5-15(6-8-16)17(21)19-13-14-11-18-12-14/h5-8,14,18H,3-4,9-13H2,1-2H3,(H,19,21). The lowest BCUT2D eigenvalue weighted by Crippen LogP contribution is -2.48. The van der Waals surface area contributed by atoms with Crippen LogP contribution in [-0.2, 0) is 0 Å². The molecule has 1 heterocycles. The average molecular weight is 305 g/mol. The normalized spacial score (nSPS) is 14.7. The van der Waals surface area contributed by atoms with Crippen molar-refractivity contribution in [2.45, 2.75) is 13.8 Å². The van der Waals surface area contributed by atoms with Gasteiger partial charge in [0, 0.05) is 37.7 Å². The largest absolute Gasteiger partial charge is 0.492 e. The predicted octanol–water partition coefficient (Wildman–Crippen LogP) is 1.36. The second kappa shape index (κ2) is 8.76. The van der Waals surface area contributed by atoms with Crippen molar-refractivity contribution >= 4 is 5.91 Å². The van der Waals surface area contributed by atoms with E-state index in [1.807, 2.05) is 24.3 Å². The van der Waals surface area contributed by atoms with Gasteiger partial charge in [0.2, 0.25) is 0 Å². The minimum absolute atomic E-state index is 0.0124. The number of benzene rings is 1. The molecule has 5 nitrogen and oxygen atoms in total. The van der Waals surface area contributed by atoms with Crippen LogP contribution in [-0.4, -0.2) is 56.7 Å². The van der Waals surface area contributed by atoms with E-state index < -0.39 is 0 Å². The highest BCUT2D eigenvalue weighted by Gasteiger charge is 2.17. The molecule has 0 bridgehead atoms. The highest BCUT2D eigenvalue weighted by atomic mass is 16.5. The van der Waals surface area contributed by atoms with Crippen molar-refractivity contribution in [3.63, 3.8) is 0 Å². The van der Waals surface area contributed by atoms with E-state index in [4.69, 9.17) is 4.74 Å². The summed E-state index contributed by atoms with van der Waals surface area (Å²) in [7, 11) is 0. The van der Waals surface area contributed by atoms with Crippen LogP contribution in [0.25, 0.3) is 0 Å². The molecule has 0 atom stereocenters. The molecule has 1 aliphatic heterocycles. The zero-order chi connectivity index (χ0) is 15.8. The zero-order valence-electron chi connectivity index (χ0n) is 13.6. The van der Waals surface area contributed by atoms with E-state index in [2.05, 4.69) is 29.4 Å². The zero-order valence-corrected chi connectivity index (χ0v) is 13.6. The van der Waals surface area contributed by atoms with E-state index in [1.165, 1.54) is 0 Å². The highest BCUT2D eigenvalue weighted by Crippen LogP contribution is 2.12. The fraction of sp³-hybridized carbons (Fsp3) is 0.588. The van der Waals surface area contributed by atoms with Crippen molar-refractivity contribution in [1.82, 2.24) is 15.5 Å². The molecular formula is C17H27N3O2. The predicted molar refractivity (Wildman–Crippen MR) is 88.4 cm³/mol. The molecule has 22 heavy (non-hydrogen) atoms. The van der Waals surface area contributed by atoms with Crippen LogP contribution in [0.2, 0.25) is 0 Å². The summed E-state index contributed by atoms with van der Waals surface area (Å²) >= 11 is 0. The first kappa shape index (κ1) is 16.8. The van der Waals surface area contributed by atoms with Crippen LogP contribution in [0.5, 0.6) is 5.75 Å². The van der Waals surface area contributed by atoms with Gasteiger partial charge in [-0.25, -0.2) is 0 Å². The van der Waals surface area contributed by atoms with Gasteiger partial charge in [0.25, 0.3) is 5.91 Å². The van der Waals surface area contributed by atoms with Gasteiger partial charge in [-0.2, -0.15) is 0 Å². The van der Waals surface area contributed by atoms with E-state index in [-0.39, 0.29) is 5.91 Å². The number of nitrogens with one attached hydrogen (secondary N) is 2. The number of hydrogen-bond acceptors (Lipinski definition) is 4. The number of carbonyl (C=O) groups is 1. The summed E-state index contributed by atoms with van der Waals surface area (Å²) in [6.45, 7) is 10.7. The Kier molecular flexibility index (Phi) is 6.68. The number of amides is 1. The molecule has 0 unspecified atom stereocenters. The number of likely N-dealkylation sites (N-methyl/N-ethyl adjacent to an activating group) is 1. The van der Waals surface area contributed by atoms with E-state index in [1.54, 1.807) is 0 Å². The second-order valence-corrected chi connectivity index (χ2v) is 5.63. The van der Waals surface area contributed by atoms with Crippen molar-refractivity contribution in [1.29, 1.82) is 0 Å². The molecule has 1 amide bonds. The Morgan fingerprint density at radius 1 is 1.27 bits per heavy atom. The first-order chi connectivity index (χ1) is 10.7. The number of ether oxygens (including phenoxy) is 1. The monoisotopic (exact) mass is 305 g/mol. The Balaban J connectivity index is 1.73. The minimum atomic E-state index is -0.0124. The van der Waals surface area contributed by atoms with Gasteiger partial charge in [-0.15, -0.1) is 0 Å². The molecule has 1 saturated heterocycles. The Bertz CT molecular complexity index is 453. The molecule has 2 N–H and O–H groups in total. The fourth-order valence-electron chi connectivity index (χ4n) is 2.37. The summed E-state index contributed by atoms with van der Waals surface area (Å²) < 4.78 is 5.72. The molecule has 0 aliphatic carbocycles. The molecule has 0 saturated carbocycles. The fourth-order valence-corrected chi connectivity index (χ4v) is 2.37. The summed E-state index contributed by atoms with van der Waals surface area (Å²) in [6, 6.07) is 7.37. The second-order valence-electron chi connectivity index (χ2n) is 5.63. The van der Waals surface area contributed by atoms with E-state index in [0.717, 1.165) is 45.0 Å². The lowest BCUT2D eigenvalue weighted by atomic mass is 10.0. The van der Waals surface area contributed by atoms with Crippen molar-refractivity contribution in [2.24, 2.45) is 5.92 Å². The van der Waals surface area contributed by atoms with Crippen LogP contribution < -0.4 is 15.4 Å². The van der Waals surface area contributed by atoms with Crippen LogP contribution in [0.3, 0.4) is 0 Å². The van der Waals surface area contributed by atoms with E-state index in [0.29, 0.717) is 18.1 Å². The maximum absolute atomic E-state index is 12.0. The van der Waals surface area contributed by atoms with Gasteiger partial charge >= 0.3 is 0 Å². The Hall–Kier alpha value is -1.59. The van der Waals surface area contributed by atoms with Crippen LogP contribution in [0.1, 0.15) is 24.2 Å². The summed E-state index contributed by atoms with van der Waals surface area (Å²) in [5.74, 6) is 1.38. The van der Waals surface area contributed by atoms with Gasteiger partial charge in [-0.1, -0.05) is 13.8 Å². The van der Waals surface area contributed by atoms with E-state index in [9.17, 15) is 4.79 Å². The number of carbonyl (C=O) groups excluding carboxylic acids is 1. The number of rotatable bonds is 9. The maximum atomic E-state index is 12.0. The molecule has 5 heteroatoms. The topological polar surface area (TPSA) is 53.6 Å². The highest BCUT2D eigenvalue weighted by molar-refractivity contribution is 5.94. The van der Waals surface area contributed by atoms with Crippen molar-refractivity contribution < 1.29 is 9.53 Å². The van der Waals surface area contributed by atoms with Crippen LogP contribution in [0.15, 0.2) is 24.3 Å². The van der Waals surface area contributed by atoms with Crippen molar-refractivity contribution in [3.8, 4) is 5.75 Å². The first-order valence-electron chi connectivity index (χ1n) is 8.17. The lowest BCUT2D eigenvalue weighted by Gasteiger charge is -2.27. The molecule has 122 valence electrons. The first-order valence-corrected chi connectivity index (χ1v) is 8.17. The smallest absolute Gasteiger partial charge is 0.251 e. The summed E-state index contributed by atoms with van der Waals surface area (Å²) in [5.41, 5.74) is 0.684. The van der Waals surface area contributed by atoms with Gasteiger partial charge < -0.3 is 20.3 Å². The molecule has 0 aromatic heterocycles. The Morgan fingerprint density at radius 3 is 2.50 bits per heavy atom. The van der Waals surface area contributed by atoms with Gasteiger partial charge in [0.1, 0.15) is 12.4 Å². The minimum Gasteiger partial charge on any atom is -0.492 e. The number of nitrogens with zero attached hydrogens (tertiary/aromatic N) is 1. The third-order valence-electron chi connectivity index (χ3n) is 4.10. The summed E-state index contributed by atoms with van der Waals surface area (Å²) in [4.78, 5) is 14.3. The molecule has 1 aromatic rings.